The zero-order valence-corrected chi connectivity index (χ0v) is 41.9. The van der Waals surface area contributed by atoms with E-state index in [1.54, 1.807) is 40.1 Å². The number of nitrogens with zero attached hydrogens (tertiary/aromatic N) is 4. The van der Waals surface area contributed by atoms with Crippen molar-refractivity contribution in [2.75, 3.05) is 47.6 Å². The number of allylic oxidation sites excluding steroid dienone is 3. The van der Waals surface area contributed by atoms with Crippen LogP contribution in [0.15, 0.2) is 30.0 Å². The van der Waals surface area contributed by atoms with Crippen molar-refractivity contribution in [3.05, 3.63) is 35.7 Å². The highest BCUT2D eigenvalue weighted by atomic mass is 31.0. The summed E-state index contributed by atoms with van der Waals surface area (Å²) in [4.78, 5) is 29.8. The van der Waals surface area contributed by atoms with Gasteiger partial charge in [0.05, 0.1) is 61.5 Å². The predicted octanol–water partition coefficient (Wildman–Crippen LogP) is 2.61. The van der Waals surface area contributed by atoms with E-state index in [0.717, 1.165) is 5.69 Å². The number of ketones is 1. The monoisotopic (exact) mass is 959 g/mol. The molecule has 0 amide bonds. The van der Waals surface area contributed by atoms with E-state index in [-0.39, 0.29) is 25.2 Å². The third-order valence-electron chi connectivity index (χ3n) is 13.1. The zero-order valence-electron chi connectivity index (χ0n) is 40.7. The first-order chi connectivity index (χ1) is 31.4. The predicted molar refractivity (Wildman–Crippen MR) is 245 cm³/mol. The highest BCUT2D eigenvalue weighted by Gasteiger charge is 2.49. The molecule has 66 heavy (non-hydrogen) atoms. The summed E-state index contributed by atoms with van der Waals surface area (Å²) in [5.41, 5.74) is 1.44. The first-order valence-corrected chi connectivity index (χ1v) is 23.9. The Hall–Kier alpha value is -2.33. The van der Waals surface area contributed by atoms with E-state index >= 15 is 0 Å². The highest BCUT2D eigenvalue weighted by Crippen LogP contribution is 2.36. The lowest BCUT2D eigenvalue weighted by Crippen LogP contribution is -2.64. The maximum Gasteiger partial charge on any atom is 0.308 e. The molecule has 1 aromatic rings. The lowest BCUT2D eigenvalue weighted by molar-refractivity contribution is -0.307. The molecule has 0 saturated carbocycles. The summed E-state index contributed by atoms with van der Waals surface area (Å²) >= 11 is 0. The van der Waals surface area contributed by atoms with Crippen LogP contribution in [0.4, 0.5) is 0 Å². The fourth-order valence-electron chi connectivity index (χ4n) is 9.22. The molecule has 2 fully saturated rings. The van der Waals surface area contributed by atoms with Crippen molar-refractivity contribution in [1.29, 1.82) is 0 Å². The van der Waals surface area contributed by atoms with Gasteiger partial charge in [-0.05, 0) is 75.9 Å². The first kappa shape index (κ1) is 56.3. The number of aliphatic hydroxyl groups excluding tert-OH is 4. The van der Waals surface area contributed by atoms with E-state index in [9.17, 15) is 30.0 Å². The van der Waals surface area contributed by atoms with Crippen LogP contribution >= 0.6 is 9.39 Å². The summed E-state index contributed by atoms with van der Waals surface area (Å²) in [5.74, 6) is -3.26. The van der Waals surface area contributed by atoms with Crippen LogP contribution in [0.3, 0.4) is 0 Å². The van der Waals surface area contributed by atoms with E-state index in [2.05, 4.69) is 19.7 Å². The van der Waals surface area contributed by atoms with Crippen molar-refractivity contribution in [3.63, 3.8) is 0 Å². The number of ether oxygens (including phenoxy) is 9. The van der Waals surface area contributed by atoms with Crippen molar-refractivity contribution in [3.8, 4) is 0 Å². The Kier molecular flexibility index (Phi) is 23.2. The van der Waals surface area contributed by atoms with Gasteiger partial charge in [-0.2, -0.15) is 0 Å². The molecule has 4 N–H and O–H groups in total. The molecule has 3 aliphatic heterocycles. The third-order valence-corrected chi connectivity index (χ3v) is 13.4. The smallest absolute Gasteiger partial charge is 0.308 e. The molecule has 0 aromatic carbocycles. The molecule has 0 spiro atoms. The molecule has 378 valence electrons. The summed E-state index contributed by atoms with van der Waals surface area (Å²) in [6, 6.07) is -0.824. The largest absolute Gasteiger partial charge is 0.462 e. The van der Waals surface area contributed by atoms with Gasteiger partial charge < -0.3 is 63.1 Å². The number of hydrogen-bond donors (Lipinski definition) is 4. The SMILES string of the molecule is CCOC(C[C@H]1C[C@@H](C)C(=O)/C=C/C(C)=C/[C@H](COC2OC(C)C(O)C(OC)C2OC)[C@@H](CC)OC(=O)C[C@@H](O)[C@H](C)[C@H]1OC1OC(C)C(O)C(N(C)CCc2cn(P)nn2)C1O)OCC. The van der Waals surface area contributed by atoms with Crippen LogP contribution < -0.4 is 0 Å². The van der Waals surface area contributed by atoms with Gasteiger partial charge in [-0.1, -0.05) is 43.7 Å². The minimum absolute atomic E-state index is 0.00893. The van der Waals surface area contributed by atoms with Crippen LogP contribution in [-0.2, 0) is 58.6 Å². The van der Waals surface area contributed by atoms with E-state index in [0.29, 0.717) is 38.2 Å². The van der Waals surface area contributed by atoms with Gasteiger partial charge in [0.15, 0.2) is 24.7 Å². The average molecular weight is 959 g/mol. The molecule has 19 nitrogen and oxygen atoms in total. The van der Waals surface area contributed by atoms with Gasteiger partial charge in [-0.25, -0.2) is 4.45 Å². The second kappa shape index (κ2) is 27.2. The Labute approximate surface area is 393 Å². The van der Waals surface area contributed by atoms with Crippen LogP contribution in [-0.4, -0.2) is 185 Å². The maximum atomic E-state index is 14.0. The van der Waals surface area contributed by atoms with E-state index in [1.165, 1.54) is 24.7 Å². The quantitative estimate of drug-likeness (QED) is 0.0941. The number of carbonyl (C=O) groups excluding carboxylic acids is 2. The number of likely N-dealkylation sites (N-methyl/N-ethyl adjacent to an activating group) is 1. The van der Waals surface area contributed by atoms with Crippen molar-refractivity contribution < 1.29 is 72.6 Å². The Bertz CT molecular complexity index is 1680. The fraction of sp³-hybridized carbons (Fsp3) is 0.826. The number of cyclic esters (lactones) is 1. The number of esters is 1. The Morgan fingerprint density at radius 1 is 0.909 bits per heavy atom. The minimum atomic E-state index is -1.36. The molecule has 0 aliphatic carbocycles. The van der Waals surface area contributed by atoms with Crippen LogP contribution in [0.25, 0.3) is 0 Å². The van der Waals surface area contributed by atoms with Gasteiger partial charge >= 0.3 is 5.97 Å². The minimum Gasteiger partial charge on any atom is -0.462 e. The van der Waals surface area contributed by atoms with Crippen molar-refractivity contribution in [2.45, 2.75) is 173 Å². The molecule has 3 aliphatic rings. The molecule has 20 heteroatoms. The van der Waals surface area contributed by atoms with E-state index in [1.807, 2.05) is 45.6 Å². The lowest BCUT2D eigenvalue weighted by atomic mass is 9.79. The van der Waals surface area contributed by atoms with Crippen LogP contribution in [0.2, 0.25) is 0 Å². The highest BCUT2D eigenvalue weighted by molar-refractivity contribution is 7.14. The molecular weight excluding hydrogens is 879 g/mol. The molecule has 11 unspecified atom stereocenters. The second-order valence-corrected chi connectivity index (χ2v) is 18.5. The van der Waals surface area contributed by atoms with Gasteiger partial charge in [0, 0.05) is 64.6 Å². The molecular formula is C46H79N4O15P. The van der Waals surface area contributed by atoms with Crippen molar-refractivity contribution in [2.24, 2.45) is 23.7 Å². The topological polar surface area (TPSA) is 232 Å². The van der Waals surface area contributed by atoms with Crippen LogP contribution in [0.5, 0.6) is 0 Å². The molecule has 4 heterocycles. The summed E-state index contributed by atoms with van der Waals surface area (Å²) in [6.45, 7) is 15.5. The number of carbonyl (C=O) groups is 2. The first-order valence-electron chi connectivity index (χ1n) is 23.4. The van der Waals surface area contributed by atoms with Crippen LogP contribution in [0, 0.1) is 23.7 Å². The number of methoxy groups -OCH3 is 2. The Morgan fingerprint density at radius 3 is 2.17 bits per heavy atom. The average Bonchev–Trinajstić information content (AvgIpc) is 3.70. The van der Waals surface area contributed by atoms with Gasteiger partial charge in [-0.15, -0.1) is 5.10 Å². The van der Waals surface area contributed by atoms with E-state index < -0.39 is 122 Å². The number of aromatic nitrogens is 3. The number of hydrogen-bond acceptors (Lipinski definition) is 18. The van der Waals surface area contributed by atoms with Gasteiger partial charge in [0.2, 0.25) is 0 Å². The van der Waals surface area contributed by atoms with Gasteiger partial charge in [-0.3, -0.25) is 14.5 Å². The fourth-order valence-corrected chi connectivity index (χ4v) is 9.44. The zero-order chi connectivity index (χ0) is 48.8. The molecule has 18 atom stereocenters. The third kappa shape index (κ3) is 15.3. The summed E-state index contributed by atoms with van der Waals surface area (Å²) < 4.78 is 56.2. The molecule has 0 radical (unpaired) electrons. The summed E-state index contributed by atoms with van der Waals surface area (Å²) in [7, 11) is 7.18. The molecule has 4 rings (SSSR count). The maximum absolute atomic E-state index is 14.0. The number of aliphatic hydroxyl groups is 4. The molecule has 2 saturated heterocycles. The normalized spacial score (nSPS) is 38.0. The summed E-state index contributed by atoms with van der Waals surface area (Å²) in [6.07, 6.45) is -4.35. The second-order valence-electron chi connectivity index (χ2n) is 18.0. The lowest BCUT2D eigenvalue weighted by Gasteiger charge is -2.47. The van der Waals surface area contributed by atoms with Crippen molar-refractivity contribution in [1.82, 2.24) is 19.7 Å². The molecule has 0 bridgehead atoms. The number of rotatable bonds is 18. The van der Waals surface area contributed by atoms with Gasteiger partial charge in [0.1, 0.15) is 30.5 Å². The van der Waals surface area contributed by atoms with Gasteiger partial charge in [0.25, 0.3) is 0 Å². The molecule has 1 aromatic heterocycles. The standard InChI is InChI=1S/C46H79N4O15P/c1-12-35-31(24-61-46-44(58-11)43(57-10)40(55)29(8)63-46)19-25(4)15-16-33(51)26(5)20-30(21-37(59-13-2)60-14-3)42(27(6)34(52)22-36(53)64-35)65-45-41(56)38(39(54)28(7)62-45)49(9)18-17-32-23-50(66)48-47-32/h15-16,19,23,26-31,34-35,37-46,52,54-56H,12-14,17-18,20-22,24,66H2,1-11H3/b16-15+,25-19+/t26-,27+,28?,29?,30-,31-,34-,35-,38?,39?,40?,41?,42-,43?,44?,45?,46?/m1/s1. The Morgan fingerprint density at radius 2 is 1.56 bits per heavy atom. The van der Waals surface area contributed by atoms with Crippen molar-refractivity contribution >= 4 is 21.1 Å². The van der Waals surface area contributed by atoms with Crippen LogP contribution in [0.1, 0.15) is 86.8 Å². The summed E-state index contributed by atoms with van der Waals surface area (Å²) in [5, 5.41) is 54.2. The Balaban J connectivity index is 1.69. The van der Waals surface area contributed by atoms with E-state index in [4.69, 9.17) is 42.6 Å².